The highest BCUT2D eigenvalue weighted by molar-refractivity contribution is 6.27. The van der Waals surface area contributed by atoms with Gasteiger partial charge in [0, 0.05) is 13.6 Å². The second-order valence-electron chi connectivity index (χ2n) is 4.25. The Morgan fingerprint density at radius 2 is 1.75 bits per heavy atom. The molecule has 0 fully saturated rings. The molecule has 2 nitrogen and oxygen atoms in total. The zero-order chi connectivity index (χ0) is 12.3. The Morgan fingerprint density at radius 3 is 2.31 bits per heavy atom. The summed E-state index contributed by atoms with van der Waals surface area (Å²) in [4.78, 5) is 13.0. The molecule has 0 aliphatic heterocycles. The molecule has 3 heteroatoms. The van der Waals surface area contributed by atoms with E-state index in [0.29, 0.717) is 6.54 Å². The molecule has 1 amide bonds. The van der Waals surface area contributed by atoms with E-state index in [1.54, 1.807) is 11.9 Å². The van der Waals surface area contributed by atoms with Crippen molar-refractivity contribution < 1.29 is 4.79 Å². The largest absolute Gasteiger partial charge is 0.340 e. The van der Waals surface area contributed by atoms with Crippen LogP contribution in [0.3, 0.4) is 0 Å². The lowest BCUT2D eigenvalue weighted by Gasteiger charge is -2.18. The molecule has 0 heterocycles. The molecule has 0 saturated carbocycles. The third-order valence-corrected chi connectivity index (χ3v) is 3.13. The van der Waals surface area contributed by atoms with Crippen molar-refractivity contribution in [3.63, 3.8) is 0 Å². The quantitative estimate of drug-likeness (QED) is 0.743. The summed E-state index contributed by atoms with van der Waals surface area (Å²) in [7, 11) is 1.78. The van der Waals surface area contributed by atoms with E-state index in [-0.39, 0.29) is 11.8 Å². The van der Waals surface area contributed by atoms with Gasteiger partial charge in [0.25, 0.3) is 0 Å². The fraction of sp³-hybridized carbons (Fsp3) is 0.462. The number of benzene rings is 1. The van der Waals surface area contributed by atoms with Crippen LogP contribution in [0.5, 0.6) is 0 Å². The maximum Gasteiger partial charge on any atom is 0.237 e. The average molecular weight is 240 g/mol. The Labute approximate surface area is 102 Å². The molecule has 16 heavy (non-hydrogen) atoms. The first-order valence-electron chi connectivity index (χ1n) is 5.32. The summed E-state index contributed by atoms with van der Waals surface area (Å²) in [6.07, 6.45) is 0. The molecular weight excluding hydrogens is 222 g/mol. The molecule has 0 saturated heterocycles. The zero-order valence-corrected chi connectivity index (χ0v) is 11.1. The minimum absolute atomic E-state index is 0.0421. The molecule has 0 atom stereocenters. The Kier molecular flexibility index (Phi) is 4.36. The Balaban J connectivity index is 2.89. The maximum absolute atomic E-state index is 11.4. The van der Waals surface area contributed by atoms with Crippen molar-refractivity contribution in [2.24, 2.45) is 0 Å². The first kappa shape index (κ1) is 13.0. The summed E-state index contributed by atoms with van der Waals surface area (Å²) in [6, 6.07) is 4.30. The molecule has 1 aromatic carbocycles. The van der Waals surface area contributed by atoms with E-state index < -0.39 is 0 Å². The third-order valence-electron chi connectivity index (χ3n) is 2.90. The van der Waals surface area contributed by atoms with Crippen LogP contribution in [-0.4, -0.2) is 23.7 Å². The summed E-state index contributed by atoms with van der Waals surface area (Å²) in [5, 5.41) is 0. The standard InChI is InChI=1S/C13H18ClNO/c1-9-5-11(3)12(6-10(9)2)8-15(4)13(16)7-14/h5-6H,7-8H2,1-4H3. The second-order valence-corrected chi connectivity index (χ2v) is 4.51. The van der Waals surface area contributed by atoms with Gasteiger partial charge < -0.3 is 4.90 Å². The minimum atomic E-state index is -0.0423. The van der Waals surface area contributed by atoms with Gasteiger partial charge in [-0.15, -0.1) is 11.6 Å². The van der Waals surface area contributed by atoms with Crippen LogP contribution in [0, 0.1) is 20.8 Å². The van der Waals surface area contributed by atoms with Gasteiger partial charge in [-0.2, -0.15) is 0 Å². The highest BCUT2D eigenvalue weighted by Gasteiger charge is 2.09. The fourth-order valence-electron chi connectivity index (χ4n) is 1.64. The van der Waals surface area contributed by atoms with Crippen molar-refractivity contribution >= 4 is 17.5 Å². The molecule has 0 radical (unpaired) electrons. The summed E-state index contributed by atoms with van der Waals surface area (Å²) in [5.41, 5.74) is 4.95. The van der Waals surface area contributed by atoms with Gasteiger partial charge in [0.15, 0.2) is 0 Å². The van der Waals surface area contributed by atoms with Gasteiger partial charge in [-0.3, -0.25) is 4.79 Å². The highest BCUT2D eigenvalue weighted by atomic mass is 35.5. The molecular formula is C13H18ClNO. The Morgan fingerprint density at radius 1 is 1.19 bits per heavy atom. The molecule has 0 aliphatic carbocycles. The van der Waals surface area contributed by atoms with Gasteiger partial charge in [0.2, 0.25) is 5.91 Å². The normalized spacial score (nSPS) is 10.3. The van der Waals surface area contributed by atoms with E-state index in [2.05, 4.69) is 32.9 Å². The number of amides is 1. The van der Waals surface area contributed by atoms with Crippen LogP contribution in [0.25, 0.3) is 0 Å². The van der Waals surface area contributed by atoms with Crippen LogP contribution in [0.15, 0.2) is 12.1 Å². The van der Waals surface area contributed by atoms with E-state index in [4.69, 9.17) is 11.6 Å². The van der Waals surface area contributed by atoms with Crippen LogP contribution in [0.2, 0.25) is 0 Å². The van der Waals surface area contributed by atoms with Crippen LogP contribution in [0.1, 0.15) is 22.3 Å². The predicted molar refractivity (Wildman–Crippen MR) is 67.8 cm³/mol. The molecule has 0 bridgehead atoms. The zero-order valence-electron chi connectivity index (χ0n) is 10.3. The summed E-state index contributed by atoms with van der Waals surface area (Å²) in [5.74, 6) is -0.000265. The lowest BCUT2D eigenvalue weighted by molar-refractivity contribution is -0.127. The van der Waals surface area contributed by atoms with Crippen molar-refractivity contribution in [3.05, 3.63) is 34.4 Å². The van der Waals surface area contributed by atoms with Crippen molar-refractivity contribution in [3.8, 4) is 0 Å². The van der Waals surface area contributed by atoms with Gasteiger partial charge in [-0.1, -0.05) is 12.1 Å². The van der Waals surface area contributed by atoms with Crippen LogP contribution in [0.4, 0.5) is 0 Å². The topological polar surface area (TPSA) is 20.3 Å². The first-order chi connectivity index (χ1) is 7.45. The molecule has 0 N–H and O–H groups in total. The Hall–Kier alpha value is -1.02. The SMILES string of the molecule is Cc1cc(C)c(CN(C)C(=O)CCl)cc1C. The average Bonchev–Trinajstić information content (AvgIpc) is 2.24. The number of carbonyl (C=O) groups is 1. The predicted octanol–water partition coefficient (Wildman–Crippen LogP) is 2.81. The molecule has 88 valence electrons. The van der Waals surface area contributed by atoms with Crippen molar-refractivity contribution in [1.29, 1.82) is 0 Å². The van der Waals surface area contributed by atoms with Gasteiger partial charge in [-0.05, 0) is 43.0 Å². The molecule has 0 unspecified atom stereocenters. The highest BCUT2D eigenvalue weighted by Crippen LogP contribution is 2.16. The maximum atomic E-state index is 11.4. The minimum Gasteiger partial charge on any atom is -0.340 e. The number of alkyl halides is 1. The van der Waals surface area contributed by atoms with Gasteiger partial charge in [-0.25, -0.2) is 0 Å². The monoisotopic (exact) mass is 239 g/mol. The number of hydrogen-bond donors (Lipinski definition) is 0. The summed E-state index contributed by atoms with van der Waals surface area (Å²) >= 11 is 5.52. The number of rotatable bonds is 3. The molecule has 0 spiro atoms. The van der Waals surface area contributed by atoms with E-state index in [0.717, 1.165) is 0 Å². The van der Waals surface area contributed by atoms with E-state index in [1.165, 1.54) is 22.3 Å². The van der Waals surface area contributed by atoms with Crippen LogP contribution < -0.4 is 0 Å². The number of hydrogen-bond acceptors (Lipinski definition) is 1. The van der Waals surface area contributed by atoms with E-state index in [9.17, 15) is 4.79 Å². The van der Waals surface area contributed by atoms with Crippen LogP contribution >= 0.6 is 11.6 Å². The van der Waals surface area contributed by atoms with Gasteiger partial charge in [0.1, 0.15) is 5.88 Å². The van der Waals surface area contributed by atoms with Crippen LogP contribution in [-0.2, 0) is 11.3 Å². The third kappa shape index (κ3) is 2.99. The van der Waals surface area contributed by atoms with E-state index in [1.807, 2.05) is 0 Å². The molecule has 0 aliphatic rings. The van der Waals surface area contributed by atoms with Crippen molar-refractivity contribution in [2.75, 3.05) is 12.9 Å². The fourth-order valence-corrected chi connectivity index (χ4v) is 1.84. The summed E-state index contributed by atoms with van der Waals surface area (Å²) in [6.45, 7) is 6.88. The van der Waals surface area contributed by atoms with Crippen molar-refractivity contribution in [2.45, 2.75) is 27.3 Å². The number of halogens is 1. The van der Waals surface area contributed by atoms with Gasteiger partial charge in [0.05, 0.1) is 0 Å². The smallest absolute Gasteiger partial charge is 0.237 e. The lowest BCUT2D eigenvalue weighted by Crippen LogP contribution is -2.27. The Bertz CT molecular complexity index is 401. The summed E-state index contributed by atoms with van der Waals surface area (Å²) < 4.78 is 0. The molecule has 1 rings (SSSR count). The van der Waals surface area contributed by atoms with E-state index >= 15 is 0 Å². The number of nitrogens with zero attached hydrogens (tertiary/aromatic N) is 1. The second kappa shape index (κ2) is 5.35. The molecule has 1 aromatic rings. The van der Waals surface area contributed by atoms with Gasteiger partial charge >= 0.3 is 0 Å². The first-order valence-corrected chi connectivity index (χ1v) is 5.85. The molecule has 0 aromatic heterocycles. The van der Waals surface area contributed by atoms with Crippen molar-refractivity contribution in [1.82, 2.24) is 4.90 Å². The number of aryl methyl sites for hydroxylation is 3. The number of carbonyl (C=O) groups excluding carboxylic acids is 1. The lowest BCUT2D eigenvalue weighted by atomic mass is 10.0.